The smallest absolute Gasteiger partial charge is 0.267 e. The molecule has 0 bridgehead atoms. The second-order valence-electron chi connectivity index (χ2n) is 7.68. The van der Waals surface area contributed by atoms with Crippen molar-refractivity contribution in [2.24, 2.45) is 0 Å². The number of aryl methyl sites for hydroxylation is 1. The maximum atomic E-state index is 12.8. The first-order chi connectivity index (χ1) is 15.6. The number of aromatic nitrogens is 5. The van der Waals surface area contributed by atoms with E-state index in [-0.39, 0.29) is 18.4 Å². The number of likely N-dealkylation sites (tertiary alicyclic amines) is 1. The molecule has 11 heteroatoms. The molecule has 4 heterocycles. The summed E-state index contributed by atoms with van der Waals surface area (Å²) in [5.41, 5.74) is 2.53. The maximum absolute atomic E-state index is 12.8. The Bertz CT molecular complexity index is 1280. The lowest BCUT2D eigenvalue weighted by Gasteiger charge is -2.14. The number of carbonyl (C=O) groups excluding carboxylic acids is 2. The molecule has 32 heavy (non-hydrogen) atoms. The Morgan fingerprint density at radius 3 is 2.88 bits per heavy atom. The van der Waals surface area contributed by atoms with Crippen LogP contribution in [0.4, 0.5) is 16.6 Å². The van der Waals surface area contributed by atoms with Crippen molar-refractivity contribution in [2.45, 2.75) is 26.3 Å². The van der Waals surface area contributed by atoms with Crippen LogP contribution in [0.1, 0.15) is 28.1 Å². The van der Waals surface area contributed by atoms with E-state index in [0.717, 1.165) is 48.1 Å². The number of nitrogens with one attached hydrogen (secondary N) is 3. The average Bonchev–Trinajstić information content (AvgIpc) is 3.58. The molecule has 164 valence electrons. The van der Waals surface area contributed by atoms with Crippen molar-refractivity contribution >= 4 is 50.7 Å². The van der Waals surface area contributed by atoms with Crippen LogP contribution in [0.25, 0.3) is 10.9 Å². The third-order valence-electron chi connectivity index (χ3n) is 5.43. The molecule has 1 fully saturated rings. The van der Waals surface area contributed by atoms with Crippen LogP contribution in [-0.4, -0.2) is 54.8 Å². The number of hydrogen-bond acceptors (Lipinski definition) is 7. The molecule has 1 aromatic carbocycles. The van der Waals surface area contributed by atoms with Gasteiger partial charge in [0.15, 0.2) is 10.9 Å². The Balaban J connectivity index is 1.23. The van der Waals surface area contributed by atoms with Crippen LogP contribution in [0, 0.1) is 6.92 Å². The van der Waals surface area contributed by atoms with Crippen molar-refractivity contribution in [2.75, 3.05) is 23.7 Å². The zero-order valence-corrected chi connectivity index (χ0v) is 18.3. The first-order valence-corrected chi connectivity index (χ1v) is 11.2. The minimum atomic E-state index is -0.242. The van der Waals surface area contributed by atoms with Gasteiger partial charge in [-0.15, -0.1) is 0 Å². The molecule has 0 atom stereocenters. The zero-order chi connectivity index (χ0) is 22.1. The molecule has 1 saturated heterocycles. The predicted molar refractivity (Wildman–Crippen MR) is 122 cm³/mol. The van der Waals surface area contributed by atoms with Crippen LogP contribution < -0.4 is 10.6 Å². The van der Waals surface area contributed by atoms with E-state index < -0.39 is 0 Å². The number of anilines is 3. The number of hydrogen-bond donors (Lipinski definition) is 3. The van der Waals surface area contributed by atoms with Crippen LogP contribution in [0.3, 0.4) is 0 Å². The van der Waals surface area contributed by atoms with Gasteiger partial charge in [0, 0.05) is 30.7 Å². The lowest BCUT2D eigenvalue weighted by atomic mass is 10.1. The van der Waals surface area contributed by atoms with Crippen LogP contribution in [0.15, 0.2) is 36.8 Å². The van der Waals surface area contributed by atoms with Gasteiger partial charge in [0.1, 0.15) is 11.4 Å². The fourth-order valence-corrected chi connectivity index (χ4v) is 4.45. The Morgan fingerprint density at radius 2 is 2.03 bits per heavy atom. The van der Waals surface area contributed by atoms with Crippen LogP contribution >= 0.6 is 11.3 Å². The molecular weight excluding hydrogens is 428 g/mol. The Hall–Kier alpha value is -3.73. The molecule has 1 aliphatic heterocycles. The standard InChI is InChI=1S/C21H22N8O2S/c1-13-4-5-15-14(10-23-26-15)19(13)25-20(31)16-11-22-21(32-16)24-17-6-9-29(27-17)12-18(30)28-7-2-3-8-28/h4-6,9-11H,2-3,7-8,12H2,1H3,(H,23,26)(H,25,31)(H,22,24,27). The molecule has 0 aliphatic carbocycles. The van der Waals surface area contributed by atoms with Gasteiger partial charge in [-0.3, -0.25) is 19.4 Å². The predicted octanol–water partition coefficient (Wildman–Crippen LogP) is 3.14. The molecule has 1 aliphatic rings. The number of rotatable bonds is 6. The second kappa shape index (κ2) is 8.42. The van der Waals surface area contributed by atoms with Crippen molar-refractivity contribution in [1.82, 2.24) is 29.9 Å². The average molecular weight is 451 g/mol. The summed E-state index contributed by atoms with van der Waals surface area (Å²) in [7, 11) is 0. The van der Waals surface area contributed by atoms with E-state index in [4.69, 9.17) is 0 Å². The van der Waals surface area contributed by atoms with E-state index in [9.17, 15) is 9.59 Å². The highest BCUT2D eigenvalue weighted by atomic mass is 32.1. The van der Waals surface area contributed by atoms with Crippen LogP contribution in [0.5, 0.6) is 0 Å². The molecule has 0 unspecified atom stereocenters. The molecule has 3 N–H and O–H groups in total. The van der Waals surface area contributed by atoms with Gasteiger partial charge in [-0.2, -0.15) is 10.2 Å². The minimum absolute atomic E-state index is 0.0771. The van der Waals surface area contributed by atoms with E-state index in [2.05, 4.69) is 30.9 Å². The van der Waals surface area contributed by atoms with Crippen LogP contribution in [-0.2, 0) is 11.3 Å². The van der Waals surface area contributed by atoms with E-state index >= 15 is 0 Å². The number of H-pyrrole nitrogens is 1. The van der Waals surface area contributed by atoms with Crippen molar-refractivity contribution in [1.29, 1.82) is 0 Å². The normalized spacial score (nSPS) is 13.6. The summed E-state index contributed by atoms with van der Waals surface area (Å²) in [6.45, 7) is 3.80. The summed E-state index contributed by atoms with van der Waals surface area (Å²) in [6, 6.07) is 5.64. The molecular formula is C21H22N8O2S. The van der Waals surface area contributed by atoms with E-state index in [1.54, 1.807) is 23.1 Å². The van der Waals surface area contributed by atoms with Gasteiger partial charge in [0.25, 0.3) is 5.91 Å². The lowest BCUT2D eigenvalue weighted by Crippen LogP contribution is -2.31. The number of carbonyl (C=O) groups is 2. The third-order valence-corrected chi connectivity index (χ3v) is 6.34. The molecule has 0 radical (unpaired) electrons. The Labute approximate surface area is 187 Å². The quantitative estimate of drug-likeness (QED) is 0.415. The Morgan fingerprint density at radius 1 is 1.19 bits per heavy atom. The number of amides is 2. The van der Waals surface area contributed by atoms with Gasteiger partial charge < -0.3 is 15.5 Å². The molecule has 0 saturated carbocycles. The monoisotopic (exact) mass is 450 g/mol. The van der Waals surface area contributed by atoms with Gasteiger partial charge >= 0.3 is 0 Å². The molecule has 2 amide bonds. The van der Waals surface area contributed by atoms with E-state index in [1.807, 2.05) is 24.0 Å². The van der Waals surface area contributed by atoms with Gasteiger partial charge in [-0.05, 0) is 31.4 Å². The third kappa shape index (κ3) is 4.06. The van der Waals surface area contributed by atoms with E-state index in [1.165, 1.54) is 17.5 Å². The molecule has 0 spiro atoms. The maximum Gasteiger partial charge on any atom is 0.267 e. The highest BCUT2D eigenvalue weighted by Gasteiger charge is 2.19. The zero-order valence-electron chi connectivity index (χ0n) is 17.5. The lowest BCUT2D eigenvalue weighted by molar-refractivity contribution is -0.130. The summed E-state index contributed by atoms with van der Waals surface area (Å²) < 4.78 is 1.61. The first-order valence-electron chi connectivity index (χ1n) is 10.3. The summed E-state index contributed by atoms with van der Waals surface area (Å²) in [5.74, 6) is 0.405. The second-order valence-corrected chi connectivity index (χ2v) is 8.71. The van der Waals surface area contributed by atoms with Gasteiger partial charge in [-0.1, -0.05) is 17.4 Å². The summed E-state index contributed by atoms with van der Waals surface area (Å²) in [4.78, 5) is 31.7. The SMILES string of the molecule is Cc1ccc2[nH]ncc2c1NC(=O)c1cnc(Nc2ccn(CC(=O)N3CCCC3)n2)s1. The van der Waals surface area contributed by atoms with Crippen molar-refractivity contribution < 1.29 is 9.59 Å². The van der Waals surface area contributed by atoms with Gasteiger partial charge in [0.2, 0.25) is 5.91 Å². The Kier molecular flexibility index (Phi) is 5.31. The summed E-state index contributed by atoms with van der Waals surface area (Å²) in [5, 5.41) is 18.8. The first kappa shape index (κ1) is 20.2. The fourth-order valence-electron chi connectivity index (χ4n) is 3.74. The topological polar surface area (TPSA) is 121 Å². The number of aromatic amines is 1. The van der Waals surface area contributed by atoms with Gasteiger partial charge in [-0.25, -0.2) is 4.98 Å². The fraction of sp³-hybridized carbons (Fsp3) is 0.286. The highest BCUT2D eigenvalue weighted by Crippen LogP contribution is 2.28. The molecule has 4 aromatic rings. The van der Waals surface area contributed by atoms with E-state index in [0.29, 0.717) is 15.8 Å². The number of benzene rings is 1. The van der Waals surface area contributed by atoms with Crippen molar-refractivity contribution in [3.8, 4) is 0 Å². The molecule has 3 aromatic heterocycles. The molecule has 10 nitrogen and oxygen atoms in total. The summed E-state index contributed by atoms with van der Waals surface area (Å²) in [6.07, 6.45) is 7.11. The number of fused-ring (bicyclic) bond motifs is 1. The largest absolute Gasteiger partial charge is 0.341 e. The van der Waals surface area contributed by atoms with Crippen LogP contribution in [0.2, 0.25) is 0 Å². The van der Waals surface area contributed by atoms with Crippen molar-refractivity contribution in [3.05, 3.63) is 47.2 Å². The minimum Gasteiger partial charge on any atom is -0.341 e. The summed E-state index contributed by atoms with van der Waals surface area (Å²) >= 11 is 1.23. The molecule has 5 rings (SSSR count). The van der Waals surface area contributed by atoms with Crippen molar-refractivity contribution in [3.63, 3.8) is 0 Å². The number of thiazole rings is 1. The van der Waals surface area contributed by atoms with Gasteiger partial charge in [0.05, 0.1) is 23.6 Å². The highest BCUT2D eigenvalue weighted by molar-refractivity contribution is 7.17. The number of nitrogens with zero attached hydrogens (tertiary/aromatic N) is 5.